The Labute approximate surface area is 114 Å². The van der Waals surface area contributed by atoms with E-state index in [2.05, 4.69) is 43.2 Å². The molecule has 0 aliphatic heterocycles. The maximum atomic E-state index is 3.75. The number of likely N-dealkylation sites (N-methyl/N-ethyl adjacent to an activating group) is 1. The maximum Gasteiger partial charge on any atom is 0.0189 e. The molecule has 0 bridgehead atoms. The predicted octanol–water partition coefficient (Wildman–Crippen LogP) is 2.18. The molecule has 0 radical (unpaired) electrons. The average Bonchev–Trinajstić information content (AvgIpc) is 2.36. The molecular weight excluding hydrogens is 222 g/mol. The summed E-state index contributed by atoms with van der Waals surface area (Å²) in [5.41, 5.74) is 0. The number of nitrogens with one attached hydrogen (secondary N) is 1. The van der Waals surface area contributed by atoms with Crippen molar-refractivity contribution in [2.24, 2.45) is 0 Å². The molecule has 1 fully saturated rings. The summed E-state index contributed by atoms with van der Waals surface area (Å²) in [6.07, 6.45) is 8.32. The zero-order valence-corrected chi connectivity index (χ0v) is 12.9. The van der Waals surface area contributed by atoms with E-state index >= 15 is 0 Å². The Kier molecular flexibility index (Phi) is 7.87. The van der Waals surface area contributed by atoms with Crippen molar-refractivity contribution in [3.63, 3.8) is 0 Å². The second-order valence-corrected chi connectivity index (χ2v) is 6.23. The lowest BCUT2D eigenvalue weighted by atomic mass is 9.95. The van der Waals surface area contributed by atoms with Crippen LogP contribution in [0.4, 0.5) is 0 Å². The average molecular weight is 255 g/mol. The number of rotatable bonds is 8. The molecule has 1 rings (SSSR count). The van der Waals surface area contributed by atoms with E-state index in [0.717, 1.165) is 12.6 Å². The van der Waals surface area contributed by atoms with Crippen LogP contribution in [-0.4, -0.2) is 62.7 Å². The van der Waals surface area contributed by atoms with Gasteiger partial charge in [-0.05, 0) is 60.4 Å². The first kappa shape index (κ1) is 15.9. The van der Waals surface area contributed by atoms with Crippen LogP contribution in [0.2, 0.25) is 0 Å². The van der Waals surface area contributed by atoms with Crippen molar-refractivity contribution >= 4 is 0 Å². The van der Waals surface area contributed by atoms with E-state index in [-0.39, 0.29) is 0 Å². The van der Waals surface area contributed by atoms with Gasteiger partial charge in [-0.1, -0.05) is 19.3 Å². The van der Waals surface area contributed by atoms with E-state index in [4.69, 9.17) is 0 Å². The molecule has 0 aromatic carbocycles. The minimum Gasteiger partial charge on any atom is -0.312 e. The second kappa shape index (κ2) is 8.89. The Morgan fingerprint density at radius 2 is 1.72 bits per heavy atom. The van der Waals surface area contributed by atoms with Crippen LogP contribution in [0.25, 0.3) is 0 Å². The van der Waals surface area contributed by atoms with E-state index in [1.165, 1.54) is 51.6 Å². The Morgan fingerprint density at radius 1 is 1.06 bits per heavy atom. The third kappa shape index (κ3) is 6.72. The highest BCUT2D eigenvalue weighted by Gasteiger charge is 2.15. The fourth-order valence-corrected chi connectivity index (χ4v) is 2.66. The Balaban J connectivity index is 2.08. The van der Waals surface area contributed by atoms with E-state index in [9.17, 15) is 0 Å². The van der Waals surface area contributed by atoms with Gasteiger partial charge in [-0.15, -0.1) is 0 Å². The number of hydrogen-bond acceptors (Lipinski definition) is 3. The molecule has 108 valence electrons. The smallest absolute Gasteiger partial charge is 0.0189 e. The Hall–Kier alpha value is -0.120. The van der Waals surface area contributed by atoms with Gasteiger partial charge in [0.25, 0.3) is 0 Å². The van der Waals surface area contributed by atoms with Gasteiger partial charge in [0.1, 0.15) is 0 Å². The first-order valence-electron chi connectivity index (χ1n) is 7.68. The second-order valence-electron chi connectivity index (χ2n) is 6.23. The lowest BCUT2D eigenvalue weighted by Gasteiger charge is -2.29. The molecule has 1 atom stereocenters. The molecule has 0 spiro atoms. The van der Waals surface area contributed by atoms with Gasteiger partial charge in [0.05, 0.1) is 0 Å². The molecular formula is C15H33N3. The van der Waals surface area contributed by atoms with Crippen LogP contribution in [0.3, 0.4) is 0 Å². The maximum absolute atomic E-state index is 3.75. The molecule has 0 heterocycles. The minimum atomic E-state index is 0.647. The summed E-state index contributed by atoms with van der Waals surface area (Å²) < 4.78 is 0. The Bertz CT molecular complexity index is 200. The first-order valence-corrected chi connectivity index (χ1v) is 7.68. The van der Waals surface area contributed by atoms with Crippen LogP contribution in [0, 0.1) is 0 Å². The highest BCUT2D eigenvalue weighted by Crippen LogP contribution is 2.17. The van der Waals surface area contributed by atoms with E-state index in [0.29, 0.717) is 6.04 Å². The van der Waals surface area contributed by atoms with Gasteiger partial charge >= 0.3 is 0 Å². The third-order valence-electron chi connectivity index (χ3n) is 4.18. The van der Waals surface area contributed by atoms with Crippen LogP contribution in [0.1, 0.15) is 45.4 Å². The number of hydrogen-bond donors (Lipinski definition) is 1. The van der Waals surface area contributed by atoms with Crippen LogP contribution >= 0.6 is 0 Å². The van der Waals surface area contributed by atoms with Gasteiger partial charge < -0.3 is 15.1 Å². The summed E-state index contributed by atoms with van der Waals surface area (Å²) in [6.45, 7) is 5.87. The van der Waals surface area contributed by atoms with Crippen LogP contribution in [0.15, 0.2) is 0 Å². The largest absolute Gasteiger partial charge is 0.312 e. The van der Waals surface area contributed by atoms with Gasteiger partial charge in [0.15, 0.2) is 0 Å². The summed E-state index contributed by atoms with van der Waals surface area (Å²) in [5.74, 6) is 0. The summed E-state index contributed by atoms with van der Waals surface area (Å²) >= 11 is 0. The molecule has 0 saturated heterocycles. The summed E-state index contributed by atoms with van der Waals surface area (Å²) in [7, 11) is 6.55. The van der Waals surface area contributed by atoms with Crippen LogP contribution < -0.4 is 5.32 Å². The molecule has 1 unspecified atom stereocenters. The molecule has 1 N–H and O–H groups in total. The summed E-state index contributed by atoms with van der Waals surface area (Å²) in [4.78, 5) is 4.75. The van der Waals surface area contributed by atoms with Gasteiger partial charge in [-0.3, -0.25) is 0 Å². The topological polar surface area (TPSA) is 18.5 Å². The van der Waals surface area contributed by atoms with Crippen LogP contribution in [-0.2, 0) is 0 Å². The summed E-state index contributed by atoms with van der Waals surface area (Å²) in [6, 6.07) is 1.44. The van der Waals surface area contributed by atoms with E-state index in [1.54, 1.807) is 0 Å². The minimum absolute atomic E-state index is 0.647. The van der Waals surface area contributed by atoms with Gasteiger partial charge in [0, 0.05) is 18.6 Å². The van der Waals surface area contributed by atoms with Crippen molar-refractivity contribution in [1.29, 1.82) is 0 Å². The van der Waals surface area contributed by atoms with Gasteiger partial charge in [0.2, 0.25) is 0 Å². The normalized spacial score (nSPS) is 19.7. The zero-order valence-electron chi connectivity index (χ0n) is 12.9. The van der Waals surface area contributed by atoms with Gasteiger partial charge in [-0.2, -0.15) is 0 Å². The highest BCUT2D eigenvalue weighted by molar-refractivity contribution is 4.75. The molecule has 0 aromatic rings. The van der Waals surface area contributed by atoms with Crippen molar-refractivity contribution in [2.45, 2.75) is 57.5 Å². The molecule has 3 heteroatoms. The highest BCUT2D eigenvalue weighted by atomic mass is 15.2. The van der Waals surface area contributed by atoms with E-state index < -0.39 is 0 Å². The first-order chi connectivity index (χ1) is 8.59. The quantitative estimate of drug-likeness (QED) is 0.717. The number of nitrogens with zero attached hydrogens (tertiary/aromatic N) is 2. The Morgan fingerprint density at radius 3 is 2.33 bits per heavy atom. The van der Waals surface area contributed by atoms with Gasteiger partial charge in [-0.25, -0.2) is 0 Å². The van der Waals surface area contributed by atoms with E-state index in [1.807, 2.05) is 0 Å². The fraction of sp³-hybridized carbons (Fsp3) is 1.00. The molecule has 1 aliphatic rings. The molecule has 0 amide bonds. The molecule has 1 saturated carbocycles. The zero-order chi connectivity index (χ0) is 13.4. The fourth-order valence-electron chi connectivity index (χ4n) is 2.66. The van der Waals surface area contributed by atoms with Crippen molar-refractivity contribution in [3.05, 3.63) is 0 Å². The van der Waals surface area contributed by atoms with Crippen molar-refractivity contribution < 1.29 is 0 Å². The lowest BCUT2D eigenvalue weighted by Crippen LogP contribution is -2.43. The van der Waals surface area contributed by atoms with Crippen molar-refractivity contribution in [2.75, 3.05) is 40.8 Å². The van der Waals surface area contributed by atoms with Crippen LogP contribution in [0.5, 0.6) is 0 Å². The van der Waals surface area contributed by atoms with Crippen molar-refractivity contribution in [1.82, 2.24) is 15.1 Å². The standard InChI is InChI=1S/C15H33N3/c1-14(18(4)12-8-11-17(2)3)13-16-15-9-6-5-7-10-15/h14-16H,5-13H2,1-4H3. The SMILES string of the molecule is CC(CNC1CCCCC1)N(C)CCCN(C)C. The molecule has 18 heavy (non-hydrogen) atoms. The molecule has 0 aromatic heterocycles. The predicted molar refractivity (Wildman–Crippen MR) is 80.1 cm³/mol. The lowest BCUT2D eigenvalue weighted by molar-refractivity contribution is 0.225. The molecule has 1 aliphatic carbocycles. The van der Waals surface area contributed by atoms with Crippen molar-refractivity contribution in [3.8, 4) is 0 Å². The monoisotopic (exact) mass is 255 g/mol. The summed E-state index contributed by atoms with van der Waals surface area (Å²) in [5, 5.41) is 3.75. The third-order valence-corrected chi connectivity index (χ3v) is 4.18. The molecule has 3 nitrogen and oxygen atoms in total.